The van der Waals surface area contributed by atoms with Crippen LogP contribution in [0.3, 0.4) is 0 Å². The highest BCUT2D eigenvalue weighted by molar-refractivity contribution is 8.26. The molecule has 2 aromatic carbocycles. The molecule has 2 aromatic rings. The van der Waals surface area contributed by atoms with E-state index >= 15 is 0 Å². The molecule has 8 heteroatoms. The van der Waals surface area contributed by atoms with Crippen molar-refractivity contribution in [3.8, 4) is 0 Å². The minimum absolute atomic E-state index is 0.196. The normalized spacial score (nSPS) is 16.5. The summed E-state index contributed by atoms with van der Waals surface area (Å²) in [6.07, 6.45) is 1.59. The molecule has 0 spiro atoms. The van der Waals surface area contributed by atoms with Gasteiger partial charge >= 0.3 is 5.97 Å². The molecule has 1 aliphatic heterocycles. The maximum Gasteiger partial charge on any atom is 0.333 e. The molecule has 4 nitrogen and oxygen atoms in total. The first-order valence-electron chi connectivity index (χ1n) is 8.36. The number of thioether (sulfide) groups is 1. The van der Waals surface area contributed by atoms with E-state index in [-0.39, 0.29) is 10.9 Å². The summed E-state index contributed by atoms with van der Waals surface area (Å²) in [6, 6.07) is 13.1. The molecule has 1 fully saturated rings. The van der Waals surface area contributed by atoms with Gasteiger partial charge in [-0.25, -0.2) is 4.79 Å². The van der Waals surface area contributed by atoms with Crippen molar-refractivity contribution < 1.29 is 14.3 Å². The number of carbonyl (C=O) groups excluding carboxylic acids is 2. The zero-order valence-electron chi connectivity index (χ0n) is 14.7. The summed E-state index contributed by atoms with van der Waals surface area (Å²) < 4.78 is 5.46. The third kappa shape index (κ3) is 4.25. The number of hydrogen-bond acceptors (Lipinski definition) is 5. The molecule has 0 saturated carbocycles. The van der Waals surface area contributed by atoms with Gasteiger partial charge in [0.05, 0.1) is 11.5 Å². The fraction of sp³-hybridized carbons (Fsp3) is 0.150. The number of amides is 1. The van der Waals surface area contributed by atoms with Gasteiger partial charge in [-0.2, -0.15) is 0 Å². The number of hydrogen-bond donors (Lipinski definition) is 0. The number of benzene rings is 2. The summed E-state index contributed by atoms with van der Waals surface area (Å²) in [5, 5.41) is 0.838. The van der Waals surface area contributed by atoms with Crippen molar-refractivity contribution in [3.63, 3.8) is 0 Å². The van der Waals surface area contributed by atoms with Crippen LogP contribution in [0.2, 0.25) is 10.0 Å². The Bertz CT molecular complexity index is 943. The molecule has 3 rings (SSSR count). The summed E-state index contributed by atoms with van der Waals surface area (Å²) in [7, 11) is 0. The average Bonchev–Trinajstić information content (AvgIpc) is 2.94. The molecule has 1 aliphatic rings. The average molecular weight is 452 g/mol. The Hall–Kier alpha value is -1.86. The van der Waals surface area contributed by atoms with E-state index in [1.54, 1.807) is 55.5 Å². The highest BCUT2D eigenvalue weighted by atomic mass is 35.5. The molecule has 0 aromatic heterocycles. The quantitative estimate of drug-likeness (QED) is 0.341. The Labute approximate surface area is 182 Å². The standard InChI is InChI=1S/C20H15Cl2NO3S2/c1-2-26-19(25)17(12-7-4-3-5-8-12)23-18(24)16(28-20(23)27)11-13-14(21)9-6-10-15(13)22/h3-11,17H,2H2,1H3/b16-11+. The van der Waals surface area contributed by atoms with Crippen molar-refractivity contribution in [2.24, 2.45) is 0 Å². The molecule has 1 saturated heterocycles. The number of carbonyl (C=O) groups is 2. The molecular weight excluding hydrogens is 437 g/mol. The molecular formula is C20H15Cl2NO3S2. The van der Waals surface area contributed by atoms with E-state index in [9.17, 15) is 9.59 Å². The van der Waals surface area contributed by atoms with Gasteiger partial charge in [-0.15, -0.1) is 0 Å². The number of ether oxygens (including phenoxy) is 1. The number of thiocarbonyl (C=S) groups is 1. The first kappa shape index (κ1) is 20.9. The molecule has 28 heavy (non-hydrogen) atoms. The summed E-state index contributed by atoms with van der Waals surface area (Å²) in [5.74, 6) is -0.935. The molecule has 0 aliphatic carbocycles. The number of nitrogens with zero attached hydrogens (tertiary/aromatic N) is 1. The van der Waals surface area contributed by atoms with Crippen LogP contribution in [0.4, 0.5) is 0 Å². The number of halogens is 2. The van der Waals surface area contributed by atoms with Crippen molar-refractivity contribution in [2.75, 3.05) is 6.61 Å². The van der Waals surface area contributed by atoms with E-state index in [1.165, 1.54) is 4.90 Å². The lowest BCUT2D eigenvalue weighted by Crippen LogP contribution is -2.38. The lowest BCUT2D eigenvalue weighted by Gasteiger charge is -2.25. The van der Waals surface area contributed by atoms with Gasteiger partial charge in [-0.05, 0) is 30.7 Å². The second kappa shape index (κ2) is 9.09. The number of rotatable bonds is 5. The topological polar surface area (TPSA) is 46.6 Å². The van der Waals surface area contributed by atoms with Gasteiger partial charge in [0.2, 0.25) is 0 Å². The SMILES string of the molecule is CCOC(=O)C(c1ccccc1)N1C(=O)/C(=C\c2c(Cl)cccc2Cl)SC1=S. The van der Waals surface area contributed by atoms with Crippen molar-refractivity contribution in [3.05, 3.63) is 74.6 Å². The maximum atomic E-state index is 13.1. The highest BCUT2D eigenvalue weighted by Gasteiger charge is 2.42. The van der Waals surface area contributed by atoms with Crippen LogP contribution in [0.25, 0.3) is 6.08 Å². The predicted octanol–water partition coefficient (Wildman–Crippen LogP) is 5.50. The summed E-state index contributed by atoms with van der Waals surface area (Å²) in [4.78, 5) is 27.4. The summed E-state index contributed by atoms with van der Waals surface area (Å²) >= 11 is 18.9. The zero-order valence-corrected chi connectivity index (χ0v) is 17.9. The van der Waals surface area contributed by atoms with Crippen LogP contribution in [0, 0.1) is 0 Å². The number of esters is 1. The van der Waals surface area contributed by atoms with Crippen LogP contribution < -0.4 is 0 Å². The van der Waals surface area contributed by atoms with E-state index in [4.69, 9.17) is 40.2 Å². The molecule has 144 valence electrons. The highest BCUT2D eigenvalue weighted by Crippen LogP contribution is 2.40. The smallest absolute Gasteiger partial charge is 0.333 e. The monoisotopic (exact) mass is 451 g/mol. The maximum absolute atomic E-state index is 13.1. The van der Waals surface area contributed by atoms with Crippen LogP contribution in [-0.4, -0.2) is 27.7 Å². The van der Waals surface area contributed by atoms with Gasteiger partial charge in [-0.1, -0.05) is 83.6 Å². The van der Waals surface area contributed by atoms with Gasteiger partial charge in [0.15, 0.2) is 6.04 Å². The van der Waals surface area contributed by atoms with Crippen LogP contribution >= 0.6 is 47.2 Å². The third-order valence-corrected chi connectivity index (χ3v) is 5.97. The zero-order chi connectivity index (χ0) is 20.3. The molecule has 1 amide bonds. The van der Waals surface area contributed by atoms with Gasteiger partial charge in [-0.3, -0.25) is 9.69 Å². The fourth-order valence-electron chi connectivity index (χ4n) is 2.73. The Morgan fingerprint density at radius 3 is 2.43 bits per heavy atom. The Morgan fingerprint density at radius 2 is 1.82 bits per heavy atom. The van der Waals surface area contributed by atoms with Crippen LogP contribution in [-0.2, 0) is 14.3 Å². The molecule has 0 N–H and O–H groups in total. The fourth-order valence-corrected chi connectivity index (χ4v) is 4.53. The van der Waals surface area contributed by atoms with E-state index in [0.717, 1.165) is 11.8 Å². The molecule has 0 radical (unpaired) electrons. The second-order valence-electron chi connectivity index (χ2n) is 5.75. The van der Waals surface area contributed by atoms with Gasteiger partial charge < -0.3 is 4.74 Å². The van der Waals surface area contributed by atoms with Crippen molar-refractivity contribution in [1.82, 2.24) is 4.90 Å². The molecule has 0 bridgehead atoms. The summed E-state index contributed by atoms with van der Waals surface area (Å²) in [6.45, 7) is 1.91. The molecule has 1 atom stereocenters. The minimum atomic E-state index is -0.957. The lowest BCUT2D eigenvalue weighted by atomic mass is 10.1. The van der Waals surface area contributed by atoms with E-state index < -0.39 is 17.9 Å². The first-order valence-corrected chi connectivity index (χ1v) is 10.3. The Balaban J connectivity index is 2.01. The van der Waals surface area contributed by atoms with Crippen molar-refractivity contribution in [1.29, 1.82) is 0 Å². The van der Waals surface area contributed by atoms with Crippen LogP contribution in [0.15, 0.2) is 53.4 Å². The van der Waals surface area contributed by atoms with Gasteiger partial charge in [0, 0.05) is 15.6 Å². The third-order valence-electron chi connectivity index (χ3n) is 3.98. The van der Waals surface area contributed by atoms with E-state index in [2.05, 4.69) is 0 Å². The second-order valence-corrected chi connectivity index (χ2v) is 8.24. The molecule has 1 heterocycles. The van der Waals surface area contributed by atoms with Gasteiger partial charge in [0.1, 0.15) is 4.32 Å². The van der Waals surface area contributed by atoms with Crippen molar-refractivity contribution >= 4 is 69.5 Å². The van der Waals surface area contributed by atoms with E-state index in [0.29, 0.717) is 26.1 Å². The van der Waals surface area contributed by atoms with E-state index in [1.807, 2.05) is 6.07 Å². The minimum Gasteiger partial charge on any atom is -0.464 e. The van der Waals surface area contributed by atoms with Crippen molar-refractivity contribution in [2.45, 2.75) is 13.0 Å². The largest absolute Gasteiger partial charge is 0.464 e. The summed E-state index contributed by atoms with van der Waals surface area (Å²) in [5.41, 5.74) is 1.15. The predicted molar refractivity (Wildman–Crippen MR) is 117 cm³/mol. The Kier molecular flexibility index (Phi) is 6.78. The van der Waals surface area contributed by atoms with Crippen LogP contribution in [0.1, 0.15) is 24.1 Å². The molecule has 1 unspecified atom stereocenters. The lowest BCUT2D eigenvalue weighted by molar-refractivity contribution is -0.151. The first-order chi connectivity index (χ1) is 13.4. The van der Waals surface area contributed by atoms with Gasteiger partial charge in [0.25, 0.3) is 5.91 Å². The van der Waals surface area contributed by atoms with Crippen LogP contribution in [0.5, 0.6) is 0 Å². The Morgan fingerprint density at radius 1 is 1.18 bits per heavy atom.